The summed E-state index contributed by atoms with van der Waals surface area (Å²) in [6, 6.07) is 38.1. The molecule has 3 saturated heterocycles. The third-order valence-electron chi connectivity index (χ3n) is 14.9. The second-order valence-corrected chi connectivity index (χ2v) is 18.9. The zero-order valence-corrected chi connectivity index (χ0v) is 39.3. The standard InChI is InChI=1S/C58H53N7O6/c1-38(41-17-8-3-9-18-41)61-57(70)64-47-30-25-40(24-23-39-15-6-2-7-16-39)37-46(47)58(55(64)69)48(53(67)62-33-35-63(36-34-62)56-59-31-14-32-60-56)50-54(68)71-51(43-21-12-5-13-22-43)49(42-19-10-4-11-20-42)65(50)52(58)44-26-28-45(66)29-27-44/h3-5,8-15,17-22,25-32,37-38,48-52,66H,2,6-7,16,33-36H2,1H3,(H,61,70)/t38-,48+,49+,50+,51-,52-,58+/m1/s1. The molecule has 0 bridgehead atoms. The van der Waals surface area contributed by atoms with Crippen LogP contribution in [0.25, 0.3) is 0 Å². The quantitative estimate of drug-likeness (QED) is 0.118. The molecule has 3 fully saturated rings. The van der Waals surface area contributed by atoms with Crippen LogP contribution >= 0.6 is 0 Å². The van der Waals surface area contributed by atoms with E-state index in [0.29, 0.717) is 35.7 Å². The van der Waals surface area contributed by atoms with Crippen molar-refractivity contribution in [3.8, 4) is 17.6 Å². The summed E-state index contributed by atoms with van der Waals surface area (Å²) in [6.07, 6.45) is 8.59. The van der Waals surface area contributed by atoms with Gasteiger partial charge in [-0.3, -0.25) is 19.3 Å². The molecule has 13 heteroatoms. The third-order valence-corrected chi connectivity index (χ3v) is 14.9. The molecule has 5 aromatic carbocycles. The van der Waals surface area contributed by atoms with Crippen LogP contribution in [0.1, 0.15) is 90.2 Å². The van der Waals surface area contributed by atoms with Crippen LogP contribution in [-0.2, 0) is 24.5 Å². The maximum Gasteiger partial charge on any atom is 0.329 e. The van der Waals surface area contributed by atoms with Gasteiger partial charge in [-0.25, -0.2) is 19.7 Å². The zero-order chi connectivity index (χ0) is 48.6. The molecule has 7 atom stereocenters. The SMILES string of the molecule is C[C@@H](NC(=O)N1C(=O)[C@@]2(c3cc(C#CC4=CCCCC4)ccc31)[C@H](C(=O)N1CCN(c3ncccn3)CC1)[C@H]1C(=O)O[C@H](c3ccccc3)[C@H](c3ccccc3)N1[C@@H]2c1ccc(O)cc1)c1ccccc1. The molecule has 1 aliphatic carbocycles. The van der Waals surface area contributed by atoms with Gasteiger partial charge in [0, 0.05) is 44.1 Å². The maximum absolute atomic E-state index is 16.8. The van der Waals surface area contributed by atoms with Gasteiger partial charge in [-0.1, -0.05) is 121 Å². The van der Waals surface area contributed by atoms with Crippen molar-refractivity contribution in [1.29, 1.82) is 0 Å². The monoisotopic (exact) mass is 943 g/mol. The summed E-state index contributed by atoms with van der Waals surface area (Å²) < 4.78 is 6.68. The largest absolute Gasteiger partial charge is 0.508 e. The van der Waals surface area contributed by atoms with Crippen molar-refractivity contribution in [3.63, 3.8) is 0 Å². The normalized spacial score (nSPS) is 24.3. The number of imide groups is 1. The second kappa shape index (κ2) is 19.0. The predicted molar refractivity (Wildman–Crippen MR) is 268 cm³/mol. The summed E-state index contributed by atoms with van der Waals surface area (Å²) in [4.78, 5) is 79.8. The molecule has 6 aromatic rings. The molecule has 5 heterocycles. The number of amides is 4. The lowest BCUT2D eigenvalue weighted by Crippen LogP contribution is -2.59. The van der Waals surface area contributed by atoms with Crippen LogP contribution in [0, 0.1) is 17.8 Å². The number of rotatable bonds is 7. The number of esters is 1. The lowest BCUT2D eigenvalue weighted by atomic mass is 9.64. The van der Waals surface area contributed by atoms with Crippen molar-refractivity contribution in [1.82, 2.24) is 25.1 Å². The van der Waals surface area contributed by atoms with Crippen molar-refractivity contribution in [3.05, 3.63) is 197 Å². The van der Waals surface area contributed by atoms with Gasteiger partial charge in [0.25, 0.3) is 0 Å². The fourth-order valence-electron chi connectivity index (χ4n) is 11.6. The number of benzene rings is 5. The topological polar surface area (TPSA) is 149 Å². The van der Waals surface area contributed by atoms with Gasteiger partial charge in [-0.05, 0) is 102 Å². The highest BCUT2D eigenvalue weighted by Crippen LogP contribution is 2.66. The van der Waals surface area contributed by atoms with Crippen LogP contribution < -0.4 is 15.1 Å². The molecule has 1 spiro atoms. The van der Waals surface area contributed by atoms with Crippen molar-refractivity contribution in [2.75, 3.05) is 36.0 Å². The van der Waals surface area contributed by atoms with Gasteiger partial charge in [0.1, 0.15) is 23.3 Å². The molecule has 11 rings (SSSR count). The van der Waals surface area contributed by atoms with E-state index in [1.807, 2.05) is 120 Å². The number of urea groups is 1. The molecule has 5 aliphatic rings. The summed E-state index contributed by atoms with van der Waals surface area (Å²) in [7, 11) is 0. The van der Waals surface area contributed by atoms with E-state index in [-0.39, 0.29) is 24.5 Å². The van der Waals surface area contributed by atoms with E-state index in [9.17, 15) is 5.11 Å². The van der Waals surface area contributed by atoms with E-state index in [1.165, 1.54) is 4.90 Å². The number of piperazine rings is 1. The Morgan fingerprint density at radius 1 is 0.761 bits per heavy atom. The van der Waals surface area contributed by atoms with E-state index in [2.05, 4.69) is 33.2 Å². The minimum Gasteiger partial charge on any atom is -0.508 e. The number of fused-ring (bicyclic) bond motifs is 3. The second-order valence-electron chi connectivity index (χ2n) is 18.9. The van der Waals surface area contributed by atoms with Crippen LogP contribution in [0.5, 0.6) is 5.75 Å². The highest BCUT2D eigenvalue weighted by atomic mass is 16.6. The average Bonchev–Trinajstić information content (AvgIpc) is 3.88. The zero-order valence-electron chi connectivity index (χ0n) is 39.3. The number of cyclic esters (lactones) is 1. The number of phenolic OH excluding ortho intramolecular Hbond substituents is 1. The molecule has 71 heavy (non-hydrogen) atoms. The number of nitrogens with zero attached hydrogens (tertiary/aromatic N) is 6. The summed E-state index contributed by atoms with van der Waals surface area (Å²) in [5.41, 5.74) is 3.25. The molecule has 0 radical (unpaired) electrons. The van der Waals surface area contributed by atoms with Crippen LogP contribution in [0.15, 0.2) is 164 Å². The molecule has 356 valence electrons. The number of ether oxygens (including phenoxy) is 1. The average molecular weight is 944 g/mol. The van der Waals surface area contributed by atoms with Gasteiger partial charge in [0.15, 0.2) is 0 Å². The molecule has 2 N–H and O–H groups in total. The first-order valence-corrected chi connectivity index (χ1v) is 24.5. The number of hydrogen-bond acceptors (Lipinski definition) is 10. The Morgan fingerprint density at radius 3 is 2.11 bits per heavy atom. The molecular weight excluding hydrogens is 891 g/mol. The Kier molecular flexibility index (Phi) is 12.2. The maximum atomic E-state index is 16.8. The Hall–Kier alpha value is -8.08. The first-order valence-electron chi connectivity index (χ1n) is 24.5. The first-order chi connectivity index (χ1) is 34.7. The van der Waals surface area contributed by atoms with E-state index < -0.39 is 65.4 Å². The summed E-state index contributed by atoms with van der Waals surface area (Å²) in [6.45, 7) is 3.12. The summed E-state index contributed by atoms with van der Waals surface area (Å²) in [5, 5.41) is 14.0. The van der Waals surface area contributed by atoms with Crippen LogP contribution in [0.3, 0.4) is 0 Å². The van der Waals surface area contributed by atoms with Crippen molar-refractivity contribution >= 4 is 35.5 Å². The number of phenols is 1. The molecule has 0 unspecified atom stereocenters. The fourth-order valence-corrected chi connectivity index (χ4v) is 11.6. The van der Waals surface area contributed by atoms with Gasteiger partial charge in [0.2, 0.25) is 17.8 Å². The Labute approximate surface area is 412 Å². The lowest BCUT2D eigenvalue weighted by Gasteiger charge is -2.46. The van der Waals surface area contributed by atoms with Crippen molar-refractivity contribution in [2.24, 2.45) is 5.92 Å². The number of allylic oxidation sites excluding steroid dienone is 2. The van der Waals surface area contributed by atoms with Gasteiger partial charge in [-0.15, -0.1) is 0 Å². The number of anilines is 2. The van der Waals surface area contributed by atoms with Crippen molar-refractivity contribution in [2.45, 2.75) is 68.3 Å². The van der Waals surface area contributed by atoms with E-state index in [0.717, 1.165) is 47.9 Å². The molecule has 4 aliphatic heterocycles. The summed E-state index contributed by atoms with van der Waals surface area (Å²) in [5.74, 6) is 4.11. The van der Waals surface area contributed by atoms with Gasteiger partial charge >= 0.3 is 12.0 Å². The van der Waals surface area contributed by atoms with E-state index in [4.69, 9.17) is 4.74 Å². The number of hydrogen-bond donors (Lipinski definition) is 2. The number of aromatic hydroxyl groups is 1. The number of carbonyl (C=O) groups is 4. The van der Waals surface area contributed by atoms with E-state index >= 15 is 19.2 Å². The number of nitrogens with one attached hydrogen (secondary N) is 1. The number of aromatic nitrogens is 2. The highest BCUT2D eigenvalue weighted by molar-refractivity contribution is 6.24. The van der Waals surface area contributed by atoms with Gasteiger partial charge in [0.05, 0.1) is 29.7 Å². The predicted octanol–water partition coefficient (Wildman–Crippen LogP) is 8.52. The smallest absolute Gasteiger partial charge is 0.329 e. The number of carbonyl (C=O) groups excluding carboxylic acids is 4. The molecular formula is C58H53N7O6. The Bertz CT molecular complexity index is 3060. The highest BCUT2D eigenvalue weighted by Gasteiger charge is 2.76. The summed E-state index contributed by atoms with van der Waals surface area (Å²) >= 11 is 0. The third kappa shape index (κ3) is 8.08. The Balaban J connectivity index is 1.16. The van der Waals surface area contributed by atoms with E-state index in [1.54, 1.807) is 53.7 Å². The van der Waals surface area contributed by atoms with Gasteiger partial charge in [-0.2, -0.15) is 0 Å². The molecule has 4 amide bonds. The fraction of sp³-hybridized carbons (Fsp3) is 0.276. The number of morpholine rings is 1. The van der Waals surface area contributed by atoms with Crippen LogP contribution in [0.4, 0.5) is 16.4 Å². The Morgan fingerprint density at radius 2 is 1.44 bits per heavy atom. The molecule has 1 aromatic heterocycles. The van der Waals surface area contributed by atoms with Crippen LogP contribution in [0.2, 0.25) is 0 Å². The first kappa shape index (κ1) is 45.4. The van der Waals surface area contributed by atoms with Gasteiger partial charge < -0.3 is 25.0 Å². The van der Waals surface area contributed by atoms with Crippen LogP contribution in [-0.4, -0.2) is 80.9 Å². The lowest BCUT2D eigenvalue weighted by molar-refractivity contribution is -0.179. The molecule has 0 saturated carbocycles. The minimum atomic E-state index is -1.96. The molecule has 13 nitrogen and oxygen atoms in total. The minimum absolute atomic E-state index is 0.00584. The van der Waals surface area contributed by atoms with Crippen molar-refractivity contribution < 1.29 is 29.0 Å².